The van der Waals surface area contributed by atoms with Crippen LogP contribution < -0.4 is 10.1 Å². The first-order chi connectivity index (χ1) is 7.72. The lowest BCUT2D eigenvalue weighted by atomic mass is 10.0. The van der Waals surface area contributed by atoms with E-state index in [0.29, 0.717) is 17.7 Å². The molecule has 0 aromatic heterocycles. The molecule has 0 radical (unpaired) electrons. The molecular formula is C11H12FNO3. The van der Waals surface area contributed by atoms with Gasteiger partial charge in [-0.05, 0) is 12.1 Å². The number of cyclic esters (lactones) is 1. The number of halogens is 1. The van der Waals surface area contributed by atoms with Crippen molar-refractivity contribution in [3.63, 3.8) is 0 Å². The van der Waals surface area contributed by atoms with E-state index < -0.39 is 12.1 Å². The third-order valence-corrected chi connectivity index (χ3v) is 2.51. The van der Waals surface area contributed by atoms with Gasteiger partial charge in [-0.1, -0.05) is 6.07 Å². The monoisotopic (exact) mass is 225 g/mol. The van der Waals surface area contributed by atoms with Gasteiger partial charge < -0.3 is 14.8 Å². The molecule has 1 aliphatic rings. The van der Waals surface area contributed by atoms with Gasteiger partial charge in [-0.15, -0.1) is 0 Å². The summed E-state index contributed by atoms with van der Waals surface area (Å²) in [5.41, 5.74) is 0.377. The van der Waals surface area contributed by atoms with Crippen LogP contribution in [0.3, 0.4) is 0 Å². The second-order valence-electron chi connectivity index (χ2n) is 3.48. The van der Waals surface area contributed by atoms with Crippen molar-refractivity contribution in [3.8, 4) is 5.75 Å². The molecule has 1 aliphatic heterocycles. The first-order valence-corrected chi connectivity index (χ1v) is 4.98. The fourth-order valence-electron chi connectivity index (χ4n) is 1.78. The SMILES string of the molecule is COc1cccc(F)c1[C@H]1CCOC(=O)N1. The van der Waals surface area contributed by atoms with Crippen LogP contribution in [0.1, 0.15) is 18.0 Å². The zero-order chi connectivity index (χ0) is 11.5. The highest BCUT2D eigenvalue weighted by Crippen LogP contribution is 2.31. The van der Waals surface area contributed by atoms with Gasteiger partial charge in [-0.25, -0.2) is 9.18 Å². The highest BCUT2D eigenvalue weighted by molar-refractivity contribution is 5.69. The number of hydrogen-bond donors (Lipinski definition) is 1. The minimum absolute atomic E-state index is 0.286. The molecule has 16 heavy (non-hydrogen) atoms. The van der Waals surface area contributed by atoms with Gasteiger partial charge in [0.15, 0.2) is 0 Å². The van der Waals surface area contributed by atoms with E-state index in [1.165, 1.54) is 13.2 Å². The lowest BCUT2D eigenvalue weighted by molar-refractivity contribution is 0.114. The van der Waals surface area contributed by atoms with E-state index in [4.69, 9.17) is 9.47 Å². The zero-order valence-corrected chi connectivity index (χ0v) is 8.83. The molecule has 0 spiro atoms. The number of nitrogens with one attached hydrogen (secondary N) is 1. The van der Waals surface area contributed by atoms with Gasteiger partial charge >= 0.3 is 6.09 Å². The number of hydrogen-bond acceptors (Lipinski definition) is 3. The molecule has 1 heterocycles. The number of benzene rings is 1. The second kappa shape index (κ2) is 4.38. The van der Waals surface area contributed by atoms with Gasteiger partial charge in [-0.2, -0.15) is 0 Å². The molecular weight excluding hydrogens is 213 g/mol. The smallest absolute Gasteiger partial charge is 0.407 e. The molecule has 1 atom stereocenters. The minimum atomic E-state index is -0.526. The average molecular weight is 225 g/mol. The molecule has 2 rings (SSSR count). The lowest BCUT2D eigenvalue weighted by Crippen LogP contribution is -2.35. The maximum Gasteiger partial charge on any atom is 0.407 e. The number of carbonyl (C=O) groups excluding carboxylic acids is 1. The molecule has 1 saturated heterocycles. The Bertz CT molecular complexity index is 408. The van der Waals surface area contributed by atoms with Crippen molar-refractivity contribution < 1.29 is 18.7 Å². The average Bonchev–Trinajstić information content (AvgIpc) is 2.28. The summed E-state index contributed by atoms with van der Waals surface area (Å²) in [6, 6.07) is 4.19. The van der Waals surface area contributed by atoms with Crippen molar-refractivity contribution in [2.75, 3.05) is 13.7 Å². The molecule has 0 bridgehead atoms. The summed E-state index contributed by atoms with van der Waals surface area (Å²) in [7, 11) is 1.47. The first kappa shape index (κ1) is 10.7. The van der Waals surface area contributed by atoms with Crippen molar-refractivity contribution >= 4 is 6.09 Å². The Labute approximate surface area is 92.4 Å². The number of amides is 1. The van der Waals surface area contributed by atoms with Crippen molar-refractivity contribution in [1.29, 1.82) is 0 Å². The minimum Gasteiger partial charge on any atom is -0.496 e. The van der Waals surface area contributed by atoms with Crippen molar-refractivity contribution in [2.45, 2.75) is 12.5 Å². The third kappa shape index (κ3) is 1.93. The fourth-order valence-corrected chi connectivity index (χ4v) is 1.78. The van der Waals surface area contributed by atoms with Gasteiger partial charge in [0.1, 0.15) is 11.6 Å². The predicted molar refractivity (Wildman–Crippen MR) is 54.8 cm³/mol. The van der Waals surface area contributed by atoms with Crippen LogP contribution in [-0.4, -0.2) is 19.8 Å². The number of alkyl carbamates (subject to hydrolysis) is 1. The summed E-state index contributed by atoms with van der Waals surface area (Å²) in [6.07, 6.45) is 0.00445. The van der Waals surface area contributed by atoms with Gasteiger partial charge in [0.25, 0.3) is 0 Å². The first-order valence-electron chi connectivity index (χ1n) is 4.98. The molecule has 1 aromatic rings. The quantitative estimate of drug-likeness (QED) is 0.837. The highest BCUT2D eigenvalue weighted by Gasteiger charge is 2.26. The molecule has 0 unspecified atom stereocenters. The maximum absolute atomic E-state index is 13.7. The largest absolute Gasteiger partial charge is 0.496 e. The van der Waals surface area contributed by atoms with E-state index >= 15 is 0 Å². The number of rotatable bonds is 2. The number of carbonyl (C=O) groups is 1. The molecule has 0 saturated carbocycles. The Balaban J connectivity index is 2.34. The molecule has 1 amide bonds. The molecule has 0 aliphatic carbocycles. The summed E-state index contributed by atoms with van der Waals surface area (Å²) < 4.78 is 23.5. The van der Waals surface area contributed by atoms with Crippen LogP contribution in [0.25, 0.3) is 0 Å². The van der Waals surface area contributed by atoms with Crippen LogP contribution >= 0.6 is 0 Å². The van der Waals surface area contributed by atoms with E-state index in [9.17, 15) is 9.18 Å². The Morgan fingerprint density at radius 2 is 2.38 bits per heavy atom. The van der Waals surface area contributed by atoms with Crippen molar-refractivity contribution in [2.24, 2.45) is 0 Å². The lowest BCUT2D eigenvalue weighted by Gasteiger charge is -2.25. The van der Waals surface area contributed by atoms with E-state index in [-0.39, 0.29) is 12.4 Å². The maximum atomic E-state index is 13.7. The Hall–Kier alpha value is -1.78. The van der Waals surface area contributed by atoms with Gasteiger partial charge in [-0.3, -0.25) is 0 Å². The normalized spacial score (nSPS) is 19.9. The standard InChI is InChI=1S/C11H12FNO3/c1-15-9-4-2-3-7(12)10(9)8-5-6-16-11(14)13-8/h2-4,8H,5-6H2,1H3,(H,13,14)/t8-/m1/s1. The van der Waals surface area contributed by atoms with Gasteiger partial charge in [0.2, 0.25) is 0 Å². The summed E-state index contributed by atoms with van der Waals surface area (Å²) in [5, 5.41) is 2.57. The molecule has 1 fully saturated rings. The fraction of sp³-hybridized carbons (Fsp3) is 0.364. The van der Waals surface area contributed by atoms with Crippen LogP contribution in [0.2, 0.25) is 0 Å². The van der Waals surface area contributed by atoms with Crippen LogP contribution in [-0.2, 0) is 4.74 Å². The van der Waals surface area contributed by atoms with E-state index in [1.54, 1.807) is 12.1 Å². The van der Waals surface area contributed by atoms with Crippen LogP contribution in [0.15, 0.2) is 18.2 Å². The summed E-state index contributed by atoms with van der Waals surface area (Å²) in [5.74, 6) is 0.0544. The van der Waals surface area contributed by atoms with E-state index in [2.05, 4.69) is 5.32 Å². The van der Waals surface area contributed by atoms with E-state index in [0.717, 1.165) is 0 Å². The van der Waals surface area contributed by atoms with Crippen molar-refractivity contribution in [1.82, 2.24) is 5.32 Å². The van der Waals surface area contributed by atoms with Crippen molar-refractivity contribution in [3.05, 3.63) is 29.6 Å². The van der Waals surface area contributed by atoms with Crippen LogP contribution in [0.4, 0.5) is 9.18 Å². The second-order valence-corrected chi connectivity index (χ2v) is 3.48. The predicted octanol–water partition coefficient (Wildman–Crippen LogP) is 2.01. The van der Waals surface area contributed by atoms with Crippen LogP contribution in [0, 0.1) is 5.82 Å². The van der Waals surface area contributed by atoms with Gasteiger partial charge in [0, 0.05) is 6.42 Å². The third-order valence-electron chi connectivity index (χ3n) is 2.51. The Morgan fingerprint density at radius 1 is 1.56 bits per heavy atom. The molecule has 4 nitrogen and oxygen atoms in total. The van der Waals surface area contributed by atoms with E-state index in [1.807, 2.05) is 0 Å². The van der Waals surface area contributed by atoms with Crippen LogP contribution in [0.5, 0.6) is 5.75 Å². The number of methoxy groups -OCH3 is 1. The molecule has 1 aromatic carbocycles. The summed E-state index contributed by atoms with van der Waals surface area (Å²) >= 11 is 0. The highest BCUT2D eigenvalue weighted by atomic mass is 19.1. The molecule has 1 N–H and O–H groups in total. The molecule has 5 heteroatoms. The Kier molecular flexibility index (Phi) is 2.94. The topological polar surface area (TPSA) is 47.6 Å². The summed E-state index contributed by atoms with van der Waals surface area (Å²) in [6.45, 7) is 0.286. The molecule has 86 valence electrons. The number of ether oxygens (including phenoxy) is 2. The summed E-state index contributed by atoms with van der Waals surface area (Å²) in [4.78, 5) is 11.1. The zero-order valence-electron chi connectivity index (χ0n) is 8.83. The van der Waals surface area contributed by atoms with Gasteiger partial charge in [0.05, 0.1) is 25.3 Å². The Morgan fingerprint density at radius 3 is 3.06 bits per heavy atom.